The molecule has 0 aliphatic heterocycles. The average Bonchev–Trinajstić information content (AvgIpc) is 3.00. The molecule has 0 saturated carbocycles. The quantitative estimate of drug-likeness (QED) is 0.241. The van der Waals surface area contributed by atoms with Gasteiger partial charge < -0.3 is 0 Å². The van der Waals surface area contributed by atoms with Gasteiger partial charge in [0.1, 0.15) is 0 Å². The maximum Gasteiger partial charge on any atom is 0.160 e. The van der Waals surface area contributed by atoms with E-state index in [-0.39, 0.29) is 0 Å². The van der Waals surface area contributed by atoms with Crippen molar-refractivity contribution in [1.29, 1.82) is 0 Å². The van der Waals surface area contributed by atoms with Crippen LogP contribution in [0.4, 0.5) is 0 Å². The average molecular weight is 499 g/mol. The molecule has 7 rings (SSSR count). The summed E-state index contributed by atoms with van der Waals surface area (Å²) in [6.07, 6.45) is 0. The lowest BCUT2D eigenvalue weighted by atomic mass is 9.98. The second-order valence-corrected chi connectivity index (χ2v) is 10.0. The number of aryl methyl sites for hydroxylation is 1. The Labute approximate surface area is 228 Å². The molecule has 0 atom stereocenters. The van der Waals surface area contributed by atoms with Gasteiger partial charge in [-0.25, -0.2) is 9.97 Å². The molecule has 1 aromatic heterocycles. The molecule has 1 heterocycles. The van der Waals surface area contributed by atoms with E-state index >= 15 is 0 Å². The van der Waals surface area contributed by atoms with Gasteiger partial charge in [-0.2, -0.15) is 0 Å². The first-order valence-electron chi connectivity index (χ1n) is 13.2. The van der Waals surface area contributed by atoms with Crippen LogP contribution in [0.3, 0.4) is 0 Å². The predicted molar refractivity (Wildman–Crippen MR) is 164 cm³/mol. The van der Waals surface area contributed by atoms with Crippen molar-refractivity contribution >= 4 is 21.5 Å². The van der Waals surface area contributed by atoms with E-state index in [0.717, 1.165) is 33.9 Å². The van der Waals surface area contributed by atoms with Crippen molar-refractivity contribution in [3.05, 3.63) is 145 Å². The molecule has 0 bridgehead atoms. The van der Waals surface area contributed by atoms with Crippen LogP contribution in [0.15, 0.2) is 140 Å². The summed E-state index contributed by atoms with van der Waals surface area (Å²) in [7, 11) is 0. The van der Waals surface area contributed by atoms with E-state index in [1.807, 2.05) is 6.92 Å². The Morgan fingerprint density at radius 2 is 0.846 bits per heavy atom. The van der Waals surface area contributed by atoms with E-state index in [2.05, 4.69) is 140 Å². The minimum atomic E-state index is 0.740. The van der Waals surface area contributed by atoms with Crippen LogP contribution in [0.5, 0.6) is 0 Å². The highest BCUT2D eigenvalue weighted by Gasteiger charge is 2.10. The van der Waals surface area contributed by atoms with E-state index in [9.17, 15) is 0 Å². The number of hydrogen-bond donors (Lipinski definition) is 0. The number of hydrogen-bond acceptors (Lipinski definition) is 2. The van der Waals surface area contributed by atoms with Gasteiger partial charge in [-0.15, -0.1) is 0 Å². The molecule has 7 aromatic rings. The first kappa shape index (κ1) is 23.1. The summed E-state index contributed by atoms with van der Waals surface area (Å²) in [6, 6.07) is 49.4. The summed E-state index contributed by atoms with van der Waals surface area (Å²) in [5, 5.41) is 4.97. The Morgan fingerprint density at radius 3 is 1.46 bits per heavy atom. The molecule has 0 amide bonds. The Balaban J connectivity index is 1.26. The molecule has 0 unspecified atom stereocenters. The van der Waals surface area contributed by atoms with E-state index in [4.69, 9.17) is 9.97 Å². The van der Waals surface area contributed by atoms with E-state index in [0.29, 0.717) is 0 Å². The molecule has 2 heteroatoms. The fourth-order valence-electron chi connectivity index (χ4n) is 5.28. The van der Waals surface area contributed by atoms with Crippen LogP contribution >= 0.6 is 0 Å². The van der Waals surface area contributed by atoms with Gasteiger partial charge in [-0.05, 0) is 81.1 Å². The van der Waals surface area contributed by atoms with Crippen molar-refractivity contribution in [2.75, 3.05) is 0 Å². The van der Waals surface area contributed by atoms with Gasteiger partial charge in [0.05, 0.1) is 5.69 Å². The maximum atomic E-state index is 5.03. The van der Waals surface area contributed by atoms with Crippen LogP contribution in [-0.4, -0.2) is 9.97 Å². The minimum Gasteiger partial charge on any atom is -0.233 e. The molecular formula is C37H26N2. The maximum absolute atomic E-state index is 5.03. The van der Waals surface area contributed by atoms with Crippen LogP contribution in [0, 0.1) is 6.92 Å². The van der Waals surface area contributed by atoms with Gasteiger partial charge in [0.2, 0.25) is 0 Å². The van der Waals surface area contributed by atoms with Crippen molar-refractivity contribution in [1.82, 2.24) is 9.97 Å². The molecule has 0 spiro atoms. The first-order chi connectivity index (χ1) is 19.2. The van der Waals surface area contributed by atoms with Gasteiger partial charge in [0.25, 0.3) is 0 Å². The monoisotopic (exact) mass is 498 g/mol. The minimum absolute atomic E-state index is 0.740. The Hall–Kier alpha value is -5.08. The Kier molecular flexibility index (Phi) is 5.71. The van der Waals surface area contributed by atoms with Crippen molar-refractivity contribution in [2.24, 2.45) is 0 Å². The van der Waals surface area contributed by atoms with Crippen molar-refractivity contribution in [2.45, 2.75) is 6.92 Å². The first-order valence-corrected chi connectivity index (χ1v) is 13.2. The third-order valence-corrected chi connectivity index (χ3v) is 7.30. The SMILES string of the molecule is Cc1cc(-c2cccc(-c3ccc4ccccc4c3)c2)nc(-c2cccc(-c3ccc4ccccc4c3)c2)n1. The number of benzene rings is 6. The van der Waals surface area contributed by atoms with Crippen molar-refractivity contribution < 1.29 is 0 Å². The van der Waals surface area contributed by atoms with Gasteiger partial charge in [0.15, 0.2) is 5.82 Å². The highest BCUT2D eigenvalue weighted by Crippen LogP contribution is 2.31. The molecule has 2 nitrogen and oxygen atoms in total. The second-order valence-electron chi connectivity index (χ2n) is 10.0. The lowest BCUT2D eigenvalue weighted by Gasteiger charge is -2.10. The predicted octanol–water partition coefficient (Wildman–Crippen LogP) is 9.76. The summed E-state index contributed by atoms with van der Waals surface area (Å²) in [5.74, 6) is 0.740. The molecular weight excluding hydrogens is 472 g/mol. The van der Waals surface area contributed by atoms with Gasteiger partial charge in [-0.1, -0.05) is 109 Å². The zero-order valence-corrected chi connectivity index (χ0v) is 21.7. The highest BCUT2D eigenvalue weighted by molar-refractivity contribution is 5.89. The molecule has 6 aromatic carbocycles. The second kappa shape index (κ2) is 9.66. The van der Waals surface area contributed by atoms with Gasteiger partial charge in [-0.3, -0.25) is 0 Å². The Bertz CT molecular complexity index is 1850. The molecule has 0 aliphatic carbocycles. The van der Waals surface area contributed by atoms with Crippen LogP contribution in [-0.2, 0) is 0 Å². The summed E-state index contributed by atoms with van der Waals surface area (Å²) >= 11 is 0. The van der Waals surface area contributed by atoms with Gasteiger partial charge in [0, 0.05) is 16.8 Å². The largest absolute Gasteiger partial charge is 0.233 e. The molecule has 0 aliphatic rings. The molecule has 0 radical (unpaired) electrons. The highest BCUT2D eigenvalue weighted by atomic mass is 14.9. The lowest BCUT2D eigenvalue weighted by molar-refractivity contribution is 1.12. The zero-order valence-electron chi connectivity index (χ0n) is 21.7. The number of rotatable bonds is 4. The molecule has 0 fully saturated rings. The number of aromatic nitrogens is 2. The third kappa shape index (κ3) is 4.58. The molecule has 39 heavy (non-hydrogen) atoms. The topological polar surface area (TPSA) is 25.8 Å². The normalized spacial score (nSPS) is 11.2. The molecule has 0 saturated heterocycles. The third-order valence-electron chi connectivity index (χ3n) is 7.30. The van der Waals surface area contributed by atoms with Crippen LogP contribution < -0.4 is 0 Å². The summed E-state index contributed by atoms with van der Waals surface area (Å²) in [5.41, 5.74) is 8.68. The lowest BCUT2D eigenvalue weighted by Crippen LogP contribution is -1.95. The van der Waals surface area contributed by atoms with Crippen LogP contribution in [0.2, 0.25) is 0 Å². The van der Waals surface area contributed by atoms with Gasteiger partial charge >= 0.3 is 0 Å². The summed E-state index contributed by atoms with van der Waals surface area (Å²) in [4.78, 5) is 9.85. The number of fused-ring (bicyclic) bond motifs is 2. The van der Waals surface area contributed by atoms with Crippen LogP contribution in [0.1, 0.15) is 5.69 Å². The van der Waals surface area contributed by atoms with E-state index in [1.54, 1.807) is 0 Å². The molecule has 0 N–H and O–H groups in total. The van der Waals surface area contributed by atoms with E-state index < -0.39 is 0 Å². The zero-order chi connectivity index (χ0) is 26.2. The molecule has 184 valence electrons. The number of nitrogens with zero attached hydrogens (tertiary/aromatic N) is 2. The fourth-order valence-corrected chi connectivity index (χ4v) is 5.28. The Morgan fingerprint density at radius 1 is 0.359 bits per heavy atom. The summed E-state index contributed by atoms with van der Waals surface area (Å²) in [6.45, 7) is 2.04. The van der Waals surface area contributed by atoms with E-state index in [1.165, 1.54) is 38.2 Å². The smallest absolute Gasteiger partial charge is 0.160 e. The summed E-state index contributed by atoms with van der Waals surface area (Å²) < 4.78 is 0. The fraction of sp³-hybridized carbons (Fsp3) is 0.0270. The van der Waals surface area contributed by atoms with Crippen LogP contribution in [0.25, 0.3) is 66.4 Å². The van der Waals surface area contributed by atoms with Crippen molar-refractivity contribution in [3.8, 4) is 44.9 Å². The standard InChI is InChI=1S/C37H26N2/c1-25-20-36(34-14-6-12-30(23-34)32-18-16-26-8-2-4-10-28(26)21-32)39-37(38-25)35-15-7-13-31(24-35)33-19-17-27-9-3-5-11-29(27)22-33/h2-24H,1H3. The van der Waals surface area contributed by atoms with Crippen molar-refractivity contribution in [3.63, 3.8) is 0 Å².